The molecular weight excluding hydrogens is 502 g/mol. The van der Waals surface area contributed by atoms with E-state index in [9.17, 15) is 34.2 Å². The molecule has 214 valence electrons. The number of ether oxygens (including phenoxy) is 1. The molecule has 0 aromatic rings. The number of carbonyl (C=O) groups excluding carboxylic acids is 3. The fraction of sp³-hybridized carbons (Fsp3) is 0.800. The maximum atomic E-state index is 12.2. The molecule has 0 rings (SSSR count). The Kier molecular flexibility index (Phi) is 16.1. The van der Waals surface area contributed by atoms with Gasteiger partial charge >= 0.3 is 11.9 Å². The average molecular weight is 548 g/mol. The molecule has 0 heterocycles. The van der Waals surface area contributed by atoms with E-state index in [1.54, 1.807) is 0 Å². The van der Waals surface area contributed by atoms with E-state index in [4.69, 9.17) is 4.74 Å². The van der Waals surface area contributed by atoms with Crippen LogP contribution in [0, 0.1) is 10.8 Å². The van der Waals surface area contributed by atoms with Crippen LogP contribution in [0.3, 0.4) is 0 Å². The molecule has 12 heteroatoms. The van der Waals surface area contributed by atoms with Gasteiger partial charge in [0.1, 0.15) is 12.1 Å². The monoisotopic (exact) mass is 547 g/mol. The van der Waals surface area contributed by atoms with Crippen molar-refractivity contribution in [1.82, 2.24) is 16.0 Å². The molecule has 2 unspecified atom stereocenters. The Morgan fingerprint density at radius 2 is 1.32 bits per heavy atom. The lowest BCUT2D eigenvalue weighted by atomic mass is 9.90. The minimum Gasteiger partial charge on any atom is -0.480 e. The van der Waals surface area contributed by atoms with Gasteiger partial charge in [0.25, 0.3) is 0 Å². The number of aliphatic carboxylic acids is 2. The second-order valence-corrected chi connectivity index (χ2v) is 12.3. The lowest BCUT2D eigenvalue weighted by Crippen LogP contribution is -2.45. The van der Waals surface area contributed by atoms with Crippen LogP contribution in [0.1, 0.15) is 73.6 Å². The van der Waals surface area contributed by atoms with Gasteiger partial charge < -0.3 is 30.9 Å². The predicted octanol–water partition coefficient (Wildman–Crippen LogP) is 2.03. The summed E-state index contributed by atoms with van der Waals surface area (Å²) in [6, 6.07) is -2.38. The predicted molar refractivity (Wildman–Crippen MR) is 142 cm³/mol. The maximum absolute atomic E-state index is 12.2. The van der Waals surface area contributed by atoms with Crippen LogP contribution in [0.5, 0.6) is 0 Å². The Balaban J connectivity index is 4.30. The number of hydrogen-bond acceptors (Lipinski definition) is 7. The van der Waals surface area contributed by atoms with Crippen LogP contribution in [0.15, 0.2) is 0 Å². The van der Waals surface area contributed by atoms with Crippen LogP contribution < -0.4 is 16.0 Å². The molecule has 2 atom stereocenters. The summed E-state index contributed by atoms with van der Waals surface area (Å²) in [5, 5.41) is 26.2. The normalized spacial score (nSPS) is 13.4. The number of carboxylic acid groups (broad SMARTS) is 2. The summed E-state index contributed by atoms with van der Waals surface area (Å²) in [4.78, 5) is 59.0. The van der Waals surface area contributed by atoms with Crippen LogP contribution in [0.2, 0.25) is 0 Å². The number of rotatable bonds is 18. The minimum absolute atomic E-state index is 0.0114. The summed E-state index contributed by atoms with van der Waals surface area (Å²) >= 11 is 1.41. The summed E-state index contributed by atoms with van der Waals surface area (Å²) in [7, 11) is 0. The second kappa shape index (κ2) is 17.2. The number of thioether (sulfide) groups is 1. The van der Waals surface area contributed by atoms with Crippen molar-refractivity contribution in [3.63, 3.8) is 0 Å². The zero-order valence-electron chi connectivity index (χ0n) is 23.0. The van der Waals surface area contributed by atoms with Gasteiger partial charge in [0, 0.05) is 31.6 Å². The third kappa shape index (κ3) is 20.4. The molecule has 3 amide bonds. The molecule has 0 aliphatic rings. The van der Waals surface area contributed by atoms with Gasteiger partial charge in [0.15, 0.2) is 0 Å². The van der Waals surface area contributed by atoms with E-state index < -0.39 is 35.8 Å². The summed E-state index contributed by atoms with van der Waals surface area (Å²) < 4.78 is 5.31. The van der Waals surface area contributed by atoms with Crippen LogP contribution in [0.25, 0.3) is 0 Å². The third-order valence-electron chi connectivity index (χ3n) is 4.89. The topological polar surface area (TPSA) is 171 Å². The fourth-order valence-electron chi connectivity index (χ4n) is 2.83. The van der Waals surface area contributed by atoms with Gasteiger partial charge in [-0.05, 0) is 29.4 Å². The van der Waals surface area contributed by atoms with Crippen molar-refractivity contribution >= 4 is 41.4 Å². The Bertz CT molecular complexity index is 762. The molecule has 0 saturated heterocycles. The number of carboxylic acids is 2. The van der Waals surface area contributed by atoms with Crippen molar-refractivity contribution in [2.75, 3.05) is 31.3 Å². The Hall–Kier alpha value is -2.34. The molecule has 0 aliphatic carbocycles. The van der Waals surface area contributed by atoms with E-state index in [1.165, 1.54) is 11.8 Å². The number of hydrogen-bond donors (Lipinski definition) is 5. The van der Waals surface area contributed by atoms with E-state index in [-0.39, 0.29) is 55.0 Å². The minimum atomic E-state index is -1.30. The van der Waals surface area contributed by atoms with Crippen LogP contribution in [-0.2, 0) is 28.7 Å². The van der Waals surface area contributed by atoms with Gasteiger partial charge in [0.05, 0.1) is 13.2 Å². The molecule has 0 aromatic carbocycles. The zero-order chi connectivity index (χ0) is 28.6. The highest BCUT2D eigenvalue weighted by Gasteiger charge is 2.24. The Labute approximate surface area is 224 Å². The summed E-state index contributed by atoms with van der Waals surface area (Å²) in [6.45, 7) is 12.8. The highest BCUT2D eigenvalue weighted by molar-refractivity contribution is 7.99. The summed E-state index contributed by atoms with van der Waals surface area (Å²) in [6.07, 6.45) is 0.669. The van der Waals surface area contributed by atoms with Crippen LogP contribution in [-0.4, -0.2) is 83.2 Å². The maximum Gasteiger partial charge on any atom is 0.327 e. The average Bonchev–Trinajstić information content (AvgIpc) is 2.75. The Morgan fingerprint density at radius 3 is 1.86 bits per heavy atom. The first-order chi connectivity index (χ1) is 17.0. The molecule has 5 N–H and O–H groups in total. The lowest BCUT2D eigenvalue weighted by Gasteiger charge is -2.20. The molecule has 0 saturated carbocycles. The molecule has 0 radical (unpaired) electrons. The molecule has 0 aromatic heterocycles. The van der Waals surface area contributed by atoms with E-state index in [0.717, 1.165) is 12.2 Å². The molecule has 11 nitrogen and oxygen atoms in total. The highest BCUT2D eigenvalue weighted by atomic mass is 32.2. The van der Waals surface area contributed by atoms with Gasteiger partial charge in [-0.15, -0.1) is 0 Å². The highest BCUT2D eigenvalue weighted by Crippen LogP contribution is 2.21. The number of carbonyl (C=O) groups is 5. The smallest absolute Gasteiger partial charge is 0.327 e. The van der Waals surface area contributed by atoms with E-state index in [2.05, 4.69) is 36.7 Å². The quantitative estimate of drug-likeness (QED) is 0.161. The fourth-order valence-corrected chi connectivity index (χ4v) is 4.02. The molecular formula is C25H45N3O8S. The molecule has 0 aliphatic heterocycles. The summed E-state index contributed by atoms with van der Waals surface area (Å²) in [5.74, 6) is -2.77. The number of nitrogens with one attached hydrogen (secondary N) is 3. The SMILES string of the molecule is CC(C)(C)CCC(=O)NCCOCCC(=O)NC(CCC(=O)NC(CSCC(C)(C)C)C(=O)O)C(=O)O. The molecule has 0 fully saturated rings. The molecule has 37 heavy (non-hydrogen) atoms. The first-order valence-corrected chi connectivity index (χ1v) is 13.6. The van der Waals surface area contributed by atoms with Gasteiger partial charge in [-0.25, -0.2) is 9.59 Å². The summed E-state index contributed by atoms with van der Waals surface area (Å²) in [5.41, 5.74) is 0.0856. The van der Waals surface area contributed by atoms with Crippen molar-refractivity contribution in [3.8, 4) is 0 Å². The zero-order valence-corrected chi connectivity index (χ0v) is 23.8. The molecule has 0 bridgehead atoms. The van der Waals surface area contributed by atoms with Crippen LogP contribution >= 0.6 is 11.8 Å². The first kappa shape index (κ1) is 34.7. The van der Waals surface area contributed by atoms with Gasteiger partial charge in [-0.2, -0.15) is 11.8 Å². The van der Waals surface area contributed by atoms with Crippen molar-refractivity contribution in [1.29, 1.82) is 0 Å². The van der Waals surface area contributed by atoms with E-state index in [1.807, 2.05) is 20.8 Å². The largest absolute Gasteiger partial charge is 0.480 e. The standard InChI is InChI=1S/C25H45N3O8S/c1-24(2,3)11-9-19(29)26-12-14-36-13-10-21(31)27-17(22(32)33)7-8-20(30)28-18(23(34)35)15-37-16-25(4,5)6/h17-18H,7-16H2,1-6H3,(H,26,29)(H,27,31)(H,28,30)(H,32,33)(H,34,35). The van der Waals surface area contributed by atoms with E-state index >= 15 is 0 Å². The lowest BCUT2D eigenvalue weighted by molar-refractivity contribution is -0.143. The van der Waals surface area contributed by atoms with Crippen molar-refractivity contribution < 1.29 is 38.9 Å². The van der Waals surface area contributed by atoms with Gasteiger partial charge in [-0.1, -0.05) is 41.5 Å². The Morgan fingerprint density at radius 1 is 0.757 bits per heavy atom. The van der Waals surface area contributed by atoms with Gasteiger partial charge in [0.2, 0.25) is 17.7 Å². The van der Waals surface area contributed by atoms with Crippen molar-refractivity contribution in [2.24, 2.45) is 10.8 Å². The van der Waals surface area contributed by atoms with Crippen molar-refractivity contribution in [2.45, 2.75) is 85.7 Å². The third-order valence-corrected chi connectivity index (χ3v) is 6.53. The second-order valence-electron chi connectivity index (χ2n) is 11.3. The number of amides is 3. The first-order valence-electron chi connectivity index (χ1n) is 12.5. The van der Waals surface area contributed by atoms with Crippen molar-refractivity contribution in [3.05, 3.63) is 0 Å². The van der Waals surface area contributed by atoms with E-state index in [0.29, 0.717) is 13.0 Å². The van der Waals surface area contributed by atoms with Crippen LogP contribution in [0.4, 0.5) is 0 Å². The van der Waals surface area contributed by atoms with Gasteiger partial charge in [-0.3, -0.25) is 14.4 Å². The molecule has 0 spiro atoms.